The van der Waals surface area contributed by atoms with Gasteiger partial charge in [-0.3, -0.25) is 9.78 Å². The van der Waals surface area contributed by atoms with E-state index in [1.54, 1.807) is 0 Å². The first-order valence-electron chi connectivity index (χ1n) is 3.48. The van der Waals surface area contributed by atoms with E-state index in [1.165, 1.54) is 0 Å². The molecular formula is C5H4N6O3. The first-order valence-corrected chi connectivity index (χ1v) is 3.48. The van der Waals surface area contributed by atoms with Crippen LogP contribution in [-0.4, -0.2) is 24.9 Å². The lowest BCUT2D eigenvalue weighted by Crippen LogP contribution is -2.10. The summed E-state index contributed by atoms with van der Waals surface area (Å²) in [7, 11) is 0. The van der Waals surface area contributed by atoms with E-state index in [0.29, 0.717) is 0 Å². The third-order valence-electron chi connectivity index (χ3n) is 1.54. The molecule has 0 unspecified atom stereocenters. The molecule has 9 nitrogen and oxygen atoms in total. The smallest absolute Gasteiger partial charge is 0.390 e. The summed E-state index contributed by atoms with van der Waals surface area (Å²) in [6.07, 6.45) is 0. The molecule has 0 aliphatic rings. The molecule has 0 amide bonds. The molecule has 14 heavy (non-hydrogen) atoms. The van der Waals surface area contributed by atoms with Gasteiger partial charge in [0.05, 0.1) is 0 Å². The second-order valence-electron chi connectivity index (χ2n) is 2.47. The Morgan fingerprint density at radius 2 is 2.07 bits per heavy atom. The minimum absolute atomic E-state index is 0.0640. The van der Waals surface area contributed by atoms with Crippen LogP contribution in [0.2, 0.25) is 0 Å². The van der Waals surface area contributed by atoms with Gasteiger partial charge in [0.1, 0.15) is 0 Å². The first kappa shape index (κ1) is 8.16. The normalized spacial score (nSPS) is 10.6. The third kappa shape index (κ3) is 1.07. The van der Waals surface area contributed by atoms with Crippen LogP contribution in [0.5, 0.6) is 0 Å². The van der Waals surface area contributed by atoms with Crippen molar-refractivity contribution < 1.29 is 4.92 Å². The SMILES string of the molecule is Nc1nc2[15n][13c]([N+](=O)[O-])[15nH]c2c(=O)[nH]1. The number of aromatic amines is 2. The molecule has 2 aromatic heterocycles. The van der Waals surface area contributed by atoms with Crippen molar-refractivity contribution in [3.05, 3.63) is 20.5 Å². The second-order valence-corrected chi connectivity index (χ2v) is 2.47. The van der Waals surface area contributed by atoms with Crippen LogP contribution >= 0.6 is 0 Å². The molecule has 0 aliphatic heterocycles. The van der Waals surface area contributed by atoms with Gasteiger partial charge in [-0.1, -0.05) is 0 Å². The summed E-state index contributed by atoms with van der Waals surface area (Å²) < 4.78 is 0. The summed E-state index contributed by atoms with van der Waals surface area (Å²) in [4.78, 5) is 32.2. The number of nitrogens with one attached hydrogen (secondary N) is 2. The first-order chi connectivity index (χ1) is 6.58. The molecule has 0 aliphatic carbocycles. The lowest BCUT2D eigenvalue weighted by atomic mass is 10.6. The van der Waals surface area contributed by atoms with E-state index in [9.17, 15) is 14.9 Å². The van der Waals surface area contributed by atoms with Crippen LogP contribution in [0, 0.1) is 10.1 Å². The van der Waals surface area contributed by atoms with Gasteiger partial charge in [-0.2, -0.15) is 4.98 Å². The molecule has 0 spiro atoms. The van der Waals surface area contributed by atoms with Gasteiger partial charge in [-0.05, 0) is 9.91 Å². The Balaban J connectivity index is 2.83. The number of fused-ring (bicyclic) bond motifs is 1. The van der Waals surface area contributed by atoms with Gasteiger partial charge in [0.2, 0.25) is 11.5 Å². The molecule has 0 fully saturated rings. The van der Waals surface area contributed by atoms with Crippen molar-refractivity contribution in [3.8, 4) is 0 Å². The zero-order valence-corrected chi connectivity index (χ0v) is 6.64. The standard InChI is InChI=1S/C5H4N6O3/c6-4-8-2-1(3(12)10-4)7-5(9-2)11(13)14/h(H4,6,7,8,9,10,12)/i5+1,7+1,9+1. The molecule has 0 radical (unpaired) electrons. The van der Waals surface area contributed by atoms with Crippen LogP contribution in [0.3, 0.4) is 0 Å². The Morgan fingerprint density at radius 3 is 2.71 bits per heavy atom. The van der Waals surface area contributed by atoms with Crippen molar-refractivity contribution in [1.29, 1.82) is 0 Å². The second kappa shape index (κ2) is 2.52. The van der Waals surface area contributed by atoms with Crippen LogP contribution in [0.25, 0.3) is 11.2 Å². The highest BCUT2D eigenvalue weighted by atomic mass is 16.7. The highest BCUT2D eigenvalue weighted by Crippen LogP contribution is 2.09. The van der Waals surface area contributed by atoms with Crippen molar-refractivity contribution in [3.63, 3.8) is 0 Å². The Hall–Kier alpha value is -2.45. The van der Waals surface area contributed by atoms with Crippen molar-refractivity contribution in [2.45, 2.75) is 0 Å². The maximum atomic E-state index is 11.2. The topological polar surface area (TPSA) is 144 Å². The predicted molar refractivity (Wildman–Crippen MR) is 45.6 cm³/mol. The number of hydrogen-bond acceptors (Lipinski definition) is 6. The fourth-order valence-electron chi connectivity index (χ4n) is 0.998. The predicted octanol–water partition coefficient (Wildman–Crippen LogP) is -0.863. The summed E-state index contributed by atoms with van der Waals surface area (Å²) in [6.45, 7) is 0. The average Bonchev–Trinajstić information content (AvgIpc) is 2.47. The fourth-order valence-corrected chi connectivity index (χ4v) is 0.998. The van der Waals surface area contributed by atoms with Crippen LogP contribution < -0.4 is 11.3 Å². The monoisotopic (exact) mass is 199 g/mol. The molecule has 9 heteroatoms. The molecule has 2 rings (SSSR count). The number of rotatable bonds is 1. The van der Waals surface area contributed by atoms with Crippen molar-refractivity contribution >= 4 is 23.1 Å². The average molecular weight is 199 g/mol. The zero-order chi connectivity index (χ0) is 10.3. The van der Waals surface area contributed by atoms with E-state index in [4.69, 9.17) is 5.73 Å². The quantitative estimate of drug-likeness (QED) is 0.402. The number of nitrogens with two attached hydrogens (primary N) is 1. The maximum absolute atomic E-state index is 11.2. The van der Waals surface area contributed by atoms with Crippen molar-refractivity contribution in [1.82, 2.24) is 19.9 Å². The van der Waals surface area contributed by atoms with Gasteiger partial charge in [0.25, 0.3) is 11.2 Å². The molecule has 0 aromatic carbocycles. The minimum Gasteiger partial charge on any atom is -0.390 e. The summed E-state index contributed by atoms with van der Waals surface area (Å²) in [5.41, 5.74) is 4.49. The van der Waals surface area contributed by atoms with Gasteiger partial charge < -0.3 is 15.8 Å². The largest absolute Gasteiger partial charge is 0.435 e. The number of nitro groups is 1. The van der Waals surface area contributed by atoms with Gasteiger partial charge in [-0.25, -0.2) is 4.98 Å². The molecule has 72 valence electrons. The van der Waals surface area contributed by atoms with Gasteiger partial charge in [0.15, 0.2) is 0 Å². The Labute approximate surface area is 75.1 Å². The Bertz CT molecular complexity index is 568. The lowest BCUT2D eigenvalue weighted by Gasteiger charge is -1.86. The van der Waals surface area contributed by atoms with E-state index < -0.39 is 16.4 Å². The van der Waals surface area contributed by atoms with Gasteiger partial charge >= 0.3 is 5.95 Å². The van der Waals surface area contributed by atoms with E-state index >= 15 is 0 Å². The number of nitrogens with zero attached hydrogens (tertiary/aromatic N) is 3. The summed E-state index contributed by atoms with van der Waals surface area (Å²) >= 11 is 0. The Morgan fingerprint density at radius 1 is 1.36 bits per heavy atom. The molecule has 2 aromatic rings. The summed E-state index contributed by atoms with van der Waals surface area (Å²) in [6, 6.07) is 0. The number of aromatic nitrogens is 4. The molecule has 4 N–H and O–H groups in total. The molecular weight excluding hydrogens is 195 g/mol. The van der Waals surface area contributed by atoms with Crippen LogP contribution in [0.4, 0.5) is 11.9 Å². The van der Waals surface area contributed by atoms with Crippen LogP contribution in [0.15, 0.2) is 4.79 Å². The van der Waals surface area contributed by atoms with Crippen LogP contribution in [0.1, 0.15) is 0 Å². The number of hydrogen-bond donors (Lipinski definition) is 3. The molecule has 0 bridgehead atoms. The van der Waals surface area contributed by atoms with Crippen molar-refractivity contribution in [2.75, 3.05) is 5.73 Å². The number of anilines is 1. The Kier molecular flexibility index (Phi) is 1.47. The van der Waals surface area contributed by atoms with E-state index in [-0.39, 0.29) is 17.1 Å². The van der Waals surface area contributed by atoms with E-state index in [0.717, 1.165) is 0 Å². The third-order valence-corrected chi connectivity index (χ3v) is 1.54. The summed E-state index contributed by atoms with van der Waals surface area (Å²) in [5, 5.41) is 10.3. The molecule has 2 heterocycles. The van der Waals surface area contributed by atoms with E-state index in [2.05, 4.69) is 19.9 Å². The highest BCUT2D eigenvalue weighted by molar-refractivity contribution is 5.71. The van der Waals surface area contributed by atoms with Gasteiger partial charge in [0, 0.05) is 0 Å². The number of H-pyrrole nitrogens is 2. The number of nitrogen functional groups attached to an aromatic ring is 1. The van der Waals surface area contributed by atoms with Crippen LogP contribution in [-0.2, 0) is 0 Å². The lowest BCUT2D eigenvalue weighted by molar-refractivity contribution is -0.393. The molecule has 0 saturated carbocycles. The van der Waals surface area contributed by atoms with Crippen molar-refractivity contribution in [2.24, 2.45) is 0 Å². The van der Waals surface area contributed by atoms with Gasteiger partial charge in [-0.15, -0.1) is 0 Å². The zero-order valence-electron chi connectivity index (χ0n) is 6.64. The van der Waals surface area contributed by atoms with E-state index in [1.807, 2.05) is 0 Å². The fraction of sp³-hybridized carbons (Fsp3) is 0. The maximum Gasteiger partial charge on any atom is 0.435 e. The highest BCUT2D eigenvalue weighted by Gasteiger charge is 2.17. The molecule has 0 atom stereocenters. The minimum atomic E-state index is -0.753. The molecule has 0 saturated heterocycles. The number of imidazole rings is 1. The summed E-state index contributed by atoms with van der Waals surface area (Å²) in [5.74, 6) is -0.674.